The van der Waals surface area contributed by atoms with Gasteiger partial charge < -0.3 is 19.3 Å². The zero-order valence-electron chi connectivity index (χ0n) is 16.2. The molecule has 1 atom stereocenters. The molecule has 1 unspecified atom stereocenters. The summed E-state index contributed by atoms with van der Waals surface area (Å²) in [6, 6.07) is 12.1. The van der Waals surface area contributed by atoms with Gasteiger partial charge >= 0.3 is 6.36 Å². The summed E-state index contributed by atoms with van der Waals surface area (Å²) in [5.41, 5.74) is -1.92. The van der Waals surface area contributed by atoms with Gasteiger partial charge in [-0.1, -0.05) is 42.1 Å². The van der Waals surface area contributed by atoms with Crippen LogP contribution in [0.4, 0.5) is 18.9 Å². The van der Waals surface area contributed by atoms with Gasteiger partial charge in [-0.2, -0.15) is 4.98 Å². The van der Waals surface area contributed by atoms with E-state index in [-0.39, 0.29) is 35.1 Å². The van der Waals surface area contributed by atoms with Crippen molar-refractivity contribution in [1.82, 2.24) is 10.1 Å². The number of carbonyl (C=O) groups is 1. The molecule has 0 bridgehead atoms. The van der Waals surface area contributed by atoms with E-state index in [4.69, 9.17) is 4.52 Å². The minimum atomic E-state index is -4.94. The van der Waals surface area contributed by atoms with Crippen molar-refractivity contribution in [3.63, 3.8) is 0 Å². The Morgan fingerprint density at radius 2 is 1.97 bits per heavy atom. The van der Waals surface area contributed by atoms with Gasteiger partial charge in [0, 0.05) is 17.7 Å². The third-order valence-corrected chi connectivity index (χ3v) is 4.91. The van der Waals surface area contributed by atoms with E-state index in [2.05, 4.69) is 21.5 Å². The fourth-order valence-electron chi connectivity index (χ4n) is 3.47. The molecule has 1 aliphatic heterocycles. The highest BCUT2D eigenvalue weighted by Gasteiger charge is 2.53. The maximum absolute atomic E-state index is 13.1. The van der Waals surface area contributed by atoms with Crippen LogP contribution in [0.3, 0.4) is 0 Å². The summed E-state index contributed by atoms with van der Waals surface area (Å²) in [6.45, 7) is 5.58. The summed E-state index contributed by atoms with van der Waals surface area (Å²) in [7, 11) is 0. The molecule has 1 N–H and O–H groups in total. The van der Waals surface area contributed by atoms with E-state index in [1.54, 1.807) is 37.3 Å². The van der Waals surface area contributed by atoms with Gasteiger partial charge in [0.05, 0.1) is 11.3 Å². The first-order valence-corrected chi connectivity index (χ1v) is 9.18. The van der Waals surface area contributed by atoms with E-state index in [0.29, 0.717) is 5.56 Å². The Bertz CT molecular complexity index is 1160. The Morgan fingerprint density at radius 3 is 2.61 bits per heavy atom. The van der Waals surface area contributed by atoms with Crippen LogP contribution >= 0.6 is 0 Å². The van der Waals surface area contributed by atoms with Crippen LogP contribution in [0.2, 0.25) is 0 Å². The first kappa shape index (κ1) is 20.6. The average molecular weight is 431 g/mol. The van der Waals surface area contributed by atoms with Gasteiger partial charge in [-0.3, -0.25) is 4.79 Å². The van der Waals surface area contributed by atoms with Crippen LogP contribution < -0.4 is 9.64 Å². The molecule has 0 fully saturated rings. The number of aromatic nitrogens is 2. The van der Waals surface area contributed by atoms with Gasteiger partial charge in [0.15, 0.2) is 0 Å². The van der Waals surface area contributed by atoms with Crippen molar-refractivity contribution in [2.75, 3.05) is 11.4 Å². The quantitative estimate of drug-likeness (QED) is 0.659. The molecule has 2 heterocycles. The molecular weight excluding hydrogens is 415 g/mol. The lowest BCUT2D eigenvalue weighted by Crippen LogP contribution is -2.41. The summed E-state index contributed by atoms with van der Waals surface area (Å²) in [6.07, 6.45) is -4.94. The zero-order chi connectivity index (χ0) is 22.4. The third-order valence-electron chi connectivity index (χ3n) is 4.91. The molecule has 10 heteroatoms. The number of aliphatic hydroxyl groups is 1. The summed E-state index contributed by atoms with van der Waals surface area (Å²) < 4.78 is 47.2. The molecule has 4 rings (SSSR count). The molecule has 2 aromatic carbocycles. The molecule has 0 aliphatic carbocycles. The third kappa shape index (κ3) is 3.44. The largest absolute Gasteiger partial charge is 0.573 e. The zero-order valence-corrected chi connectivity index (χ0v) is 16.2. The van der Waals surface area contributed by atoms with Gasteiger partial charge in [-0.05, 0) is 25.1 Å². The van der Waals surface area contributed by atoms with Crippen LogP contribution in [0.25, 0.3) is 17.0 Å². The predicted octanol–water partition coefficient (Wildman–Crippen LogP) is 3.90. The van der Waals surface area contributed by atoms with Crippen LogP contribution in [-0.4, -0.2) is 34.1 Å². The number of likely N-dealkylation sites (N-methyl/N-ethyl adjacent to an activating group) is 1. The fraction of sp³-hybridized carbons (Fsp3) is 0.190. The lowest BCUT2D eigenvalue weighted by molar-refractivity contribution is -0.274. The number of alkyl halides is 3. The van der Waals surface area contributed by atoms with E-state index in [1.807, 2.05) is 0 Å². The highest BCUT2D eigenvalue weighted by atomic mass is 19.4. The highest BCUT2D eigenvalue weighted by Crippen LogP contribution is 2.48. The van der Waals surface area contributed by atoms with Gasteiger partial charge in [-0.25, -0.2) is 0 Å². The second kappa shape index (κ2) is 7.24. The minimum Gasteiger partial charge on any atom is -0.406 e. The molecular formula is C21H16F3N3O4. The minimum absolute atomic E-state index is 0.120. The summed E-state index contributed by atoms with van der Waals surface area (Å²) >= 11 is 0. The van der Waals surface area contributed by atoms with Gasteiger partial charge in [-0.15, -0.1) is 13.2 Å². The van der Waals surface area contributed by atoms with Crippen molar-refractivity contribution < 1.29 is 32.3 Å². The van der Waals surface area contributed by atoms with Crippen molar-refractivity contribution in [1.29, 1.82) is 0 Å². The average Bonchev–Trinajstić information content (AvgIpc) is 3.30. The molecule has 0 saturated heterocycles. The second-order valence-electron chi connectivity index (χ2n) is 6.75. The Kier molecular flexibility index (Phi) is 4.81. The summed E-state index contributed by atoms with van der Waals surface area (Å²) in [4.78, 5) is 18.5. The van der Waals surface area contributed by atoms with Crippen LogP contribution in [0.5, 0.6) is 5.75 Å². The van der Waals surface area contributed by atoms with Gasteiger partial charge in [0.2, 0.25) is 11.4 Å². The normalized spacial score (nSPS) is 18.2. The molecule has 3 aromatic rings. The summed E-state index contributed by atoms with van der Waals surface area (Å²) in [5, 5.41) is 15.2. The van der Waals surface area contributed by atoms with Crippen molar-refractivity contribution in [3.8, 4) is 17.1 Å². The monoisotopic (exact) mass is 431 g/mol. The number of halogens is 3. The predicted molar refractivity (Wildman–Crippen MR) is 104 cm³/mol. The van der Waals surface area contributed by atoms with E-state index >= 15 is 0 Å². The summed E-state index contributed by atoms with van der Waals surface area (Å²) in [5.74, 6) is -1.40. The van der Waals surface area contributed by atoms with Crippen LogP contribution in [0, 0.1) is 0 Å². The Morgan fingerprint density at radius 1 is 1.26 bits per heavy atom. The maximum atomic E-state index is 13.1. The van der Waals surface area contributed by atoms with Gasteiger partial charge in [0.25, 0.3) is 11.8 Å². The Labute approximate surface area is 174 Å². The number of fused-ring (bicyclic) bond motifs is 1. The maximum Gasteiger partial charge on any atom is 0.573 e. The van der Waals surface area contributed by atoms with E-state index in [9.17, 15) is 23.1 Å². The number of ether oxygens (including phenoxy) is 1. The molecule has 0 radical (unpaired) electrons. The molecule has 31 heavy (non-hydrogen) atoms. The fourth-order valence-corrected chi connectivity index (χ4v) is 3.47. The number of nitrogens with zero attached hydrogens (tertiary/aromatic N) is 3. The van der Waals surface area contributed by atoms with E-state index in [1.165, 1.54) is 11.0 Å². The lowest BCUT2D eigenvalue weighted by Gasteiger charge is -2.23. The number of carbonyl (C=O) groups excluding carboxylic acids is 1. The van der Waals surface area contributed by atoms with E-state index in [0.717, 1.165) is 12.1 Å². The highest BCUT2D eigenvalue weighted by molar-refractivity contribution is 6.14. The molecule has 1 aliphatic rings. The molecule has 1 aromatic heterocycles. The van der Waals surface area contributed by atoms with Crippen molar-refractivity contribution in [2.45, 2.75) is 18.9 Å². The first-order valence-electron chi connectivity index (χ1n) is 9.18. The van der Waals surface area contributed by atoms with Crippen molar-refractivity contribution >= 4 is 17.2 Å². The first-order chi connectivity index (χ1) is 14.6. The van der Waals surface area contributed by atoms with Crippen LogP contribution in [0.15, 0.2) is 59.6 Å². The van der Waals surface area contributed by atoms with Gasteiger partial charge in [0.1, 0.15) is 5.75 Å². The number of hydrogen-bond acceptors (Lipinski definition) is 6. The number of rotatable bonds is 5. The Hall–Kier alpha value is -3.66. The smallest absolute Gasteiger partial charge is 0.406 e. The number of anilines is 1. The molecule has 0 saturated carbocycles. The Balaban J connectivity index is 1.77. The molecule has 1 amide bonds. The second-order valence-corrected chi connectivity index (χ2v) is 6.75. The molecule has 0 spiro atoms. The molecule has 160 valence electrons. The van der Waals surface area contributed by atoms with Crippen LogP contribution in [-0.2, 0) is 10.4 Å². The van der Waals surface area contributed by atoms with Crippen LogP contribution in [0.1, 0.15) is 18.4 Å². The number of hydrogen-bond donors (Lipinski definition) is 1. The van der Waals surface area contributed by atoms with Crippen molar-refractivity contribution in [3.05, 3.63) is 66.6 Å². The lowest BCUT2D eigenvalue weighted by atomic mass is 9.87. The molecule has 7 nitrogen and oxygen atoms in total. The standard InChI is InChI=1S/C21H16F3N3O4/c1-3-27-16-10-9-14(30-21(22,23)24)11-15(16)20(29,19(27)28)12(2)18-25-17(26-31-18)13-7-5-4-6-8-13/h4-11,29H,2-3H2,1H3. The van der Waals surface area contributed by atoms with Crippen molar-refractivity contribution in [2.24, 2.45) is 0 Å². The topological polar surface area (TPSA) is 88.7 Å². The number of benzene rings is 2. The number of amides is 1. The van der Waals surface area contributed by atoms with E-state index < -0.39 is 23.6 Å². The SMILES string of the molecule is C=C(c1nc(-c2ccccc2)no1)C1(O)C(=O)N(CC)c2ccc(OC(F)(F)F)cc21.